The van der Waals surface area contributed by atoms with E-state index in [1.165, 1.54) is 45.5 Å². The number of H-pyrrole nitrogens is 1. The molecule has 2 aliphatic rings. The highest BCUT2D eigenvalue weighted by molar-refractivity contribution is 7.98. The Morgan fingerprint density at radius 2 is 1.82 bits per heavy atom. The number of hydrogen-bond acceptors (Lipinski definition) is 2. The third-order valence-electron chi connectivity index (χ3n) is 6.66. The summed E-state index contributed by atoms with van der Waals surface area (Å²) in [7, 11) is 0. The molecule has 2 nitrogen and oxygen atoms in total. The van der Waals surface area contributed by atoms with Gasteiger partial charge in [0.2, 0.25) is 0 Å². The quantitative estimate of drug-likeness (QED) is 0.539. The van der Waals surface area contributed by atoms with Crippen molar-refractivity contribution >= 4 is 28.2 Å². The minimum Gasteiger partial charge on any atom is -0.358 e. The van der Waals surface area contributed by atoms with Gasteiger partial charge in [-0.15, -0.1) is 11.8 Å². The smallest absolute Gasteiger partial charge is 0.0459 e. The van der Waals surface area contributed by atoms with Crippen LogP contribution in [-0.4, -0.2) is 23.8 Å². The Labute approximate surface area is 171 Å². The average molecular weight is 389 g/mol. The van der Waals surface area contributed by atoms with E-state index in [0.29, 0.717) is 17.9 Å². The minimum atomic E-state index is 0.560. The standard InChI is InChI=1S/C25H28N2S/c1-16-13-19(14-22-21-5-3-4-6-23(21)27-25(16)22)24-15-18(11-12-26-24)17-7-9-20(28-2)10-8-17/h3-11,16,19,24,26-27H,12-15H2,1-2H3. The number of thioether (sulfide) groups is 1. The second kappa shape index (κ2) is 7.46. The molecule has 2 heterocycles. The lowest BCUT2D eigenvalue weighted by atomic mass is 9.74. The van der Waals surface area contributed by atoms with Crippen molar-refractivity contribution in [1.82, 2.24) is 10.3 Å². The molecule has 144 valence electrons. The second-order valence-corrected chi connectivity index (χ2v) is 9.22. The van der Waals surface area contributed by atoms with Crippen LogP contribution in [0.1, 0.15) is 42.5 Å². The molecule has 0 radical (unpaired) electrons. The molecule has 0 amide bonds. The molecule has 0 bridgehead atoms. The maximum Gasteiger partial charge on any atom is 0.0459 e. The molecule has 2 aromatic carbocycles. The Bertz CT molecular complexity index is 1010. The van der Waals surface area contributed by atoms with Gasteiger partial charge in [0.05, 0.1) is 0 Å². The zero-order valence-corrected chi connectivity index (χ0v) is 17.5. The molecule has 2 N–H and O–H groups in total. The molecule has 5 rings (SSSR count). The van der Waals surface area contributed by atoms with Crippen LogP contribution >= 0.6 is 11.8 Å². The number of nitrogens with one attached hydrogen (secondary N) is 2. The summed E-state index contributed by atoms with van der Waals surface area (Å²) in [5.74, 6) is 1.29. The highest BCUT2D eigenvalue weighted by Crippen LogP contribution is 2.41. The summed E-state index contributed by atoms with van der Waals surface area (Å²) in [6.45, 7) is 3.37. The summed E-state index contributed by atoms with van der Waals surface area (Å²) < 4.78 is 0. The first-order valence-corrected chi connectivity index (χ1v) is 11.6. The van der Waals surface area contributed by atoms with Crippen LogP contribution in [0, 0.1) is 5.92 Å². The van der Waals surface area contributed by atoms with Gasteiger partial charge in [-0.2, -0.15) is 0 Å². The molecule has 3 atom stereocenters. The van der Waals surface area contributed by atoms with Crippen molar-refractivity contribution in [2.45, 2.75) is 43.0 Å². The molecule has 3 heteroatoms. The second-order valence-electron chi connectivity index (χ2n) is 8.34. The molecule has 0 saturated heterocycles. The molecule has 0 spiro atoms. The maximum atomic E-state index is 3.81. The van der Waals surface area contributed by atoms with E-state index in [0.717, 1.165) is 13.0 Å². The Morgan fingerprint density at radius 1 is 1.00 bits per heavy atom. The fourth-order valence-electron chi connectivity index (χ4n) is 5.19. The number of rotatable bonds is 3. The normalized spacial score (nSPS) is 24.8. The Balaban J connectivity index is 1.39. The molecular weight excluding hydrogens is 360 g/mol. The highest BCUT2D eigenvalue weighted by Gasteiger charge is 2.33. The summed E-state index contributed by atoms with van der Waals surface area (Å²) in [5.41, 5.74) is 7.22. The van der Waals surface area contributed by atoms with Gasteiger partial charge in [-0.3, -0.25) is 0 Å². The van der Waals surface area contributed by atoms with Gasteiger partial charge in [-0.25, -0.2) is 0 Å². The Hall–Kier alpha value is -1.97. The monoisotopic (exact) mass is 388 g/mol. The molecule has 0 fully saturated rings. The van der Waals surface area contributed by atoms with Gasteiger partial charge in [0.15, 0.2) is 0 Å². The van der Waals surface area contributed by atoms with Crippen LogP contribution in [0.25, 0.3) is 16.5 Å². The van der Waals surface area contributed by atoms with E-state index < -0.39 is 0 Å². The first-order valence-electron chi connectivity index (χ1n) is 10.4. The third kappa shape index (κ3) is 3.21. The zero-order chi connectivity index (χ0) is 19.1. The molecule has 28 heavy (non-hydrogen) atoms. The van der Waals surface area contributed by atoms with Gasteiger partial charge in [-0.1, -0.05) is 43.3 Å². The van der Waals surface area contributed by atoms with Crippen LogP contribution in [0.5, 0.6) is 0 Å². The predicted molar refractivity (Wildman–Crippen MR) is 121 cm³/mol. The van der Waals surface area contributed by atoms with Crippen LogP contribution in [-0.2, 0) is 6.42 Å². The first-order chi connectivity index (χ1) is 13.7. The lowest BCUT2D eigenvalue weighted by Gasteiger charge is -2.36. The van der Waals surface area contributed by atoms with Gasteiger partial charge in [0.1, 0.15) is 0 Å². The predicted octanol–water partition coefficient (Wildman–Crippen LogP) is 6.00. The molecular formula is C25H28N2S. The summed E-state index contributed by atoms with van der Waals surface area (Å²) in [4.78, 5) is 5.04. The van der Waals surface area contributed by atoms with Gasteiger partial charge in [-0.05, 0) is 72.3 Å². The lowest BCUT2D eigenvalue weighted by Crippen LogP contribution is -2.41. The topological polar surface area (TPSA) is 27.8 Å². The van der Waals surface area contributed by atoms with E-state index in [9.17, 15) is 0 Å². The van der Waals surface area contributed by atoms with E-state index >= 15 is 0 Å². The molecule has 1 aromatic heterocycles. The molecule has 0 saturated carbocycles. The van der Waals surface area contributed by atoms with Gasteiger partial charge >= 0.3 is 0 Å². The van der Waals surface area contributed by atoms with Crippen LogP contribution in [0.15, 0.2) is 59.5 Å². The number of hydrogen-bond donors (Lipinski definition) is 2. The lowest BCUT2D eigenvalue weighted by molar-refractivity contribution is 0.306. The molecule has 1 aliphatic heterocycles. The summed E-state index contributed by atoms with van der Waals surface area (Å²) >= 11 is 1.81. The summed E-state index contributed by atoms with van der Waals surface area (Å²) in [6, 6.07) is 18.4. The SMILES string of the molecule is CSc1ccc(C2=CCNC(C3Cc4c([nH]c5ccccc45)C(C)C3)C2)cc1. The Kier molecular flexibility index (Phi) is 4.82. The Morgan fingerprint density at radius 3 is 2.64 bits per heavy atom. The fraction of sp³-hybridized carbons (Fsp3) is 0.360. The van der Waals surface area contributed by atoms with E-state index in [1.54, 1.807) is 5.56 Å². The van der Waals surface area contributed by atoms with Crippen molar-refractivity contribution in [2.75, 3.05) is 12.8 Å². The molecule has 1 aliphatic carbocycles. The van der Waals surface area contributed by atoms with E-state index in [-0.39, 0.29) is 0 Å². The molecule has 3 aromatic rings. The van der Waals surface area contributed by atoms with Crippen LogP contribution in [0.3, 0.4) is 0 Å². The highest BCUT2D eigenvalue weighted by atomic mass is 32.2. The van der Waals surface area contributed by atoms with Crippen molar-refractivity contribution in [3.8, 4) is 0 Å². The number of fused-ring (bicyclic) bond motifs is 3. The largest absolute Gasteiger partial charge is 0.358 e. The van der Waals surface area contributed by atoms with Crippen molar-refractivity contribution in [3.05, 3.63) is 71.4 Å². The van der Waals surface area contributed by atoms with Crippen molar-refractivity contribution in [3.63, 3.8) is 0 Å². The average Bonchev–Trinajstić information content (AvgIpc) is 3.13. The number of aromatic nitrogens is 1. The van der Waals surface area contributed by atoms with Crippen LogP contribution < -0.4 is 5.32 Å². The van der Waals surface area contributed by atoms with Gasteiger partial charge in [0, 0.05) is 34.1 Å². The van der Waals surface area contributed by atoms with E-state index in [2.05, 4.69) is 78.1 Å². The summed E-state index contributed by atoms with van der Waals surface area (Å²) in [6.07, 6.45) is 8.09. The maximum absolute atomic E-state index is 3.81. The van der Waals surface area contributed by atoms with E-state index in [1.807, 2.05) is 11.8 Å². The number of para-hydroxylation sites is 1. The fourth-order valence-corrected chi connectivity index (χ4v) is 5.59. The number of benzene rings is 2. The van der Waals surface area contributed by atoms with Crippen molar-refractivity contribution in [2.24, 2.45) is 5.92 Å². The summed E-state index contributed by atoms with van der Waals surface area (Å²) in [5, 5.41) is 5.24. The van der Waals surface area contributed by atoms with Crippen LogP contribution in [0.2, 0.25) is 0 Å². The van der Waals surface area contributed by atoms with Crippen molar-refractivity contribution < 1.29 is 0 Å². The zero-order valence-electron chi connectivity index (χ0n) is 16.7. The van der Waals surface area contributed by atoms with E-state index in [4.69, 9.17) is 0 Å². The minimum absolute atomic E-state index is 0.560. The molecule has 3 unspecified atom stereocenters. The van der Waals surface area contributed by atoms with Crippen LogP contribution in [0.4, 0.5) is 0 Å². The van der Waals surface area contributed by atoms with Gasteiger partial charge < -0.3 is 10.3 Å². The van der Waals surface area contributed by atoms with Gasteiger partial charge in [0.25, 0.3) is 0 Å². The van der Waals surface area contributed by atoms with Crippen molar-refractivity contribution in [1.29, 1.82) is 0 Å². The first kappa shape index (κ1) is 18.1. The third-order valence-corrected chi connectivity index (χ3v) is 7.40. The number of aromatic amines is 1.